The normalized spacial score (nSPS) is 24.4. The highest BCUT2D eigenvalue weighted by molar-refractivity contribution is 4.98. The molecule has 120 valence electrons. The van der Waals surface area contributed by atoms with E-state index in [9.17, 15) is 0 Å². The standard InChI is InChI=1S/C17H31N3O/c1-5-18-13(4)6-11-16-19-17(20-21-16)15-9-7-14(8-10-15)12(2)3/h12-15,18H,5-11H2,1-4H3. The van der Waals surface area contributed by atoms with Crippen molar-refractivity contribution in [3.8, 4) is 0 Å². The maximum Gasteiger partial charge on any atom is 0.226 e. The zero-order valence-corrected chi connectivity index (χ0v) is 14.1. The smallest absolute Gasteiger partial charge is 0.226 e. The summed E-state index contributed by atoms with van der Waals surface area (Å²) in [5.74, 6) is 3.96. The lowest BCUT2D eigenvalue weighted by atomic mass is 9.77. The molecule has 1 saturated carbocycles. The van der Waals surface area contributed by atoms with Gasteiger partial charge in [-0.3, -0.25) is 0 Å². The highest BCUT2D eigenvalue weighted by Crippen LogP contribution is 2.37. The van der Waals surface area contributed by atoms with Crippen molar-refractivity contribution in [1.82, 2.24) is 15.5 Å². The van der Waals surface area contributed by atoms with Crippen molar-refractivity contribution in [1.29, 1.82) is 0 Å². The van der Waals surface area contributed by atoms with Crippen molar-refractivity contribution < 1.29 is 4.52 Å². The Hall–Kier alpha value is -0.900. The largest absolute Gasteiger partial charge is 0.339 e. The average Bonchev–Trinajstić information content (AvgIpc) is 2.94. The topological polar surface area (TPSA) is 51.0 Å². The van der Waals surface area contributed by atoms with Gasteiger partial charge in [0.25, 0.3) is 0 Å². The number of hydrogen-bond donors (Lipinski definition) is 1. The van der Waals surface area contributed by atoms with Crippen LogP contribution in [0.25, 0.3) is 0 Å². The Morgan fingerprint density at radius 1 is 1.19 bits per heavy atom. The summed E-state index contributed by atoms with van der Waals surface area (Å²) in [6.07, 6.45) is 6.98. The van der Waals surface area contributed by atoms with Gasteiger partial charge in [-0.2, -0.15) is 4.98 Å². The minimum absolute atomic E-state index is 0.506. The van der Waals surface area contributed by atoms with Gasteiger partial charge >= 0.3 is 0 Å². The van der Waals surface area contributed by atoms with Crippen LogP contribution in [-0.2, 0) is 6.42 Å². The maximum atomic E-state index is 5.43. The van der Waals surface area contributed by atoms with Gasteiger partial charge in [-0.05, 0) is 57.4 Å². The van der Waals surface area contributed by atoms with Crippen molar-refractivity contribution >= 4 is 0 Å². The first-order chi connectivity index (χ1) is 10.1. The predicted octanol–water partition coefficient (Wildman–Crippen LogP) is 3.93. The molecule has 0 bridgehead atoms. The lowest BCUT2D eigenvalue weighted by molar-refractivity contribution is 0.251. The highest BCUT2D eigenvalue weighted by atomic mass is 16.5. The number of nitrogens with zero attached hydrogens (tertiary/aromatic N) is 2. The van der Waals surface area contributed by atoms with Crippen LogP contribution in [0.15, 0.2) is 4.52 Å². The van der Waals surface area contributed by atoms with Gasteiger partial charge in [0.05, 0.1) is 0 Å². The summed E-state index contributed by atoms with van der Waals surface area (Å²) in [5.41, 5.74) is 0. The minimum Gasteiger partial charge on any atom is -0.339 e. The summed E-state index contributed by atoms with van der Waals surface area (Å²) in [4.78, 5) is 4.63. The van der Waals surface area contributed by atoms with Crippen LogP contribution in [0.1, 0.15) is 77.4 Å². The zero-order valence-electron chi connectivity index (χ0n) is 14.1. The van der Waals surface area contributed by atoms with Crippen molar-refractivity contribution in [2.45, 2.75) is 78.2 Å². The van der Waals surface area contributed by atoms with E-state index in [4.69, 9.17) is 4.52 Å². The molecule has 1 fully saturated rings. The summed E-state index contributed by atoms with van der Waals surface area (Å²) in [6.45, 7) is 10.0. The Balaban J connectivity index is 1.80. The van der Waals surface area contributed by atoms with E-state index in [1.165, 1.54) is 25.7 Å². The fourth-order valence-electron chi connectivity index (χ4n) is 3.37. The monoisotopic (exact) mass is 293 g/mol. The van der Waals surface area contributed by atoms with Gasteiger partial charge in [0.1, 0.15) is 0 Å². The third-order valence-corrected chi connectivity index (χ3v) is 4.91. The Morgan fingerprint density at radius 3 is 2.52 bits per heavy atom. The Kier molecular flexibility index (Phi) is 6.22. The van der Waals surface area contributed by atoms with Crippen LogP contribution in [-0.4, -0.2) is 22.7 Å². The number of nitrogens with one attached hydrogen (secondary N) is 1. The summed E-state index contributed by atoms with van der Waals surface area (Å²) in [7, 11) is 0. The molecule has 1 aliphatic carbocycles. The Morgan fingerprint density at radius 2 is 1.90 bits per heavy atom. The molecule has 21 heavy (non-hydrogen) atoms. The number of hydrogen-bond acceptors (Lipinski definition) is 4. The van der Waals surface area contributed by atoms with Crippen LogP contribution >= 0.6 is 0 Å². The van der Waals surface area contributed by atoms with Gasteiger partial charge in [-0.1, -0.05) is 25.9 Å². The van der Waals surface area contributed by atoms with E-state index in [-0.39, 0.29) is 0 Å². The van der Waals surface area contributed by atoms with Crippen LogP contribution in [0.2, 0.25) is 0 Å². The molecular weight excluding hydrogens is 262 g/mol. The fraction of sp³-hybridized carbons (Fsp3) is 0.882. The lowest BCUT2D eigenvalue weighted by Crippen LogP contribution is -2.25. The molecular formula is C17H31N3O. The van der Waals surface area contributed by atoms with E-state index in [1.54, 1.807) is 0 Å². The van der Waals surface area contributed by atoms with Gasteiger partial charge in [0.2, 0.25) is 5.89 Å². The van der Waals surface area contributed by atoms with E-state index in [2.05, 4.69) is 43.2 Å². The second-order valence-electron chi connectivity index (χ2n) is 6.90. The van der Waals surface area contributed by atoms with Crippen LogP contribution in [0, 0.1) is 11.8 Å². The van der Waals surface area contributed by atoms with Gasteiger partial charge in [-0.15, -0.1) is 0 Å². The first-order valence-electron chi connectivity index (χ1n) is 8.66. The lowest BCUT2D eigenvalue weighted by Gasteiger charge is -2.29. The summed E-state index contributed by atoms with van der Waals surface area (Å²) in [5, 5.41) is 7.64. The molecule has 1 aliphatic rings. The maximum absolute atomic E-state index is 5.43. The Labute approximate surface area is 129 Å². The zero-order chi connectivity index (χ0) is 15.2. The number of rotatable bonds is 7. The van der Waals surface area contributed by atoms with Crippen molar-refractivity contribution in [3.05, 3.63) is 11.7 Å². The van der Waals surface area contributed by atoms with Gasteiger partial charge in [0, 0.05) is 18.4 Å². The summed E-state index contributed by atoms with van der Waals surface area (Å²) in [6, 6.07) is 0.506. The molecule has 0 aromatic carbocycles. The minimum atomic E-state index is 0.506. The van der Waals surface area contributed by atoms with E-state index in [0.717, 1.165) is 42.9 Å². The molecule has 1 aromatic rings. The van der Waals surface area contributed by atoms with Crippen LogP contribution in [0.3, 0.4) is 0 Å². The molecule has 1 atom stereocenters. The molecule has 1 unspecified atom stereocenters. The third-order valence-electron chi connectivity index (χ3n) is 4.91. The van der Waals surface area contributed by atoms with E-state index >= 15 is 0 Å². The second-order valence-corrected chi connectivity index (χ2v) is 6.90. The highest BCUT2D eigenvalue weighted by Gasteiger charge is 2.27. The molecule has 1 N–H and O–H groups in total. The van der Waals surface area contributed by atoms with Crippen LogP contribution in [0.5, 0.6) is 0 Å². The SMILES string of the molecule is CCNC(C)CCc1nc(C2CCC(C(C)C)CC2)no1. The second kappa shape index (κ2) is 7.92. The molecule has 4 heteroatoms. The first-order valence-corrected chi connectivity index (χ1v) is 8.66. The molecule has 0 radical (unpaired) electrons. The average molecular weight is 293 g/mol. The molecule has 2 rings (SSSR count). The third kappa shape index (κ3) is 4.80. The molecule has 0 saturated heterocycles. The van der Waals surface area contributed by atoms with E-state index in [0.29, 0.717) is 12.0 Å². The van der Waals surface area contributed by atoms with Crippen molar-refractivity contribution in [2.75, 3.05) is 6.54 Å². The predicted molar refractivity (Wildman–Crippen MR) is 85.3 cm³/mol. The molecule has 0 spiro atoms. The van der Waals surface area contributed by atoms with Gasteiger partial charge < -0.3 is 9.84 Å². The summed E-state index contributed by atoms with van der Waals surface area (Å²) >= 11 is 0. The first kappa shape index (κ1) is 16.5. The number of aromatic nitrogens is 2. The van der Waals surface area contributed by atoms with Gasteiger partial charge in [0.15, 0.2) is 5.82 Å². The van der Waals surface area contributed by atoms with E-state index in [1.807, 2.05) is 0 Å². The molecule has 0 aliphatic heterocycles. The van der Waals surface area contributed by atoms with Crippen LogP contribution < -0.4 is 5.32 Å². The molecule has 1 aromatic heterocycles. The molecule has 4 nitrogen and oxygen atoms in total. The van der Waals surface area contributed by atoms with Crippen molar-refractivity contribution in [2.24, 2.45) is 11.8 Å². The van der Waals surface area contributed by atoms with Gasteiger partial charge in [-0.25, -0.2) is 0 Å². The molecule has 0 amide bonds. The Bertz CT molecular complexity index is 408. The fourth-order valence-corrected chi connectivity index (χ4v) is 3.37. The quantitative estimate of drug-likeness (QED) is 0.827. The van der Waals surface area contributed by atoms with E-state index < -0.39 is 0 Å². The van der Waals surface area contributed by atoms with Crippen LogP contribution in [0.4, 0.5) is 0 Å². The molecule has 1 heterocycles. The number of aryl methyl sites for hydroxylation is 1. The van der Waals surface area contributed by atoms with Crippen molar-refractivity contribution in [3.63, 3.8) is 0 Å². The summed E-state index contributed by atoms with van der Waals surface area (Å²) < 4.78 is 5.43.